The molecule has 0 aliphatic heterocycles. The molecule has 0 spiro atoms. The summed E-state index contributed by atoms with van der Waals surface area (Å²) in [5.41, 5.74) is 1.21. The van der Waals surface area contributed by atoms with Crippen LogP contribution in [0.2, 0.25) is 0 Å². The van der Waals surface area contributed by atoms with Gasteiger partial charge in [-0.3, -0.25) is 4.90 Å². The van der Waals surface area contributed by atoms with Crippen LogP contribution in [0.3, 0.4) is 0 Å². The minimum absolute atomic E-state index is 0.301. The third kappa shape index (κ3) is 4.70. The SMILES string of the molecule is CN(CCOC(=O)N(C)C)Cc1cc(Br)cn1C. The highest BCUT2D eigenvalue weighted by Gasteiger charge is 2.07. The molecule has 6 heteroatoms. The molecule has 0 saturated heterocycles. The molecule has 1 rings (SSSR count). The Morgan fingerprint density at radius 2 is 2.11 bits per heavy atom. The second kappa shape index (κ2) is 6.80. The summed E-state index contributed by atoms with van der Waals surface area (Å²) in [5, 5.41) is 0. The summed E-state index contributed by atoms with van der Waals surface area (Å²) < 4.78 is 8.23. The van der Waals surface area contributed by atoms with Crippen LogP contribution in [0, 0.1) is 0 Å². The smallest absolute Gasteiger partial charge is 0.409 e. The second-order valence-electron chi connectivity index (χ2n) is 4.51. The first-order chi connectivity index (χ1) is 8.40. The van der Waals surface area contributed by atoms with Crippen LogP contribution >= 0.6 is 15.9 Å². The van der Waals surface area contributed by atoms with Crippen molar-refractivity contribution in [1.29, 1.82) is 0 Å². The van der Waals surface area contributed by atoms with Crippen LogP contribution < -0.4 is 0 Å². The zero-order chi connectivity index (χ0) is 13.7. The van der Waals surface area contributed by atoms with E-state index in [-0.39, 0.29) is 6.09 Å². The first-order valence-electron chi connectivity index (χ1n) is 5.73. The molecule has 0 bridgehead atoms. The number of hydrogen-bond donors (Lipinski definition) is 0. The molecule has 102 valence electrons. The van der Waals surface area contributed by atoms with E-state index in [1.807, 2.05) is 20.3 Å². The van der Waals surface area contributed by atoms with Gasteiger partial charge in [0.25, 0.3) is 0 Å². The van der Waals surface area contributed by atoms with E-state index < -0.39 is 0 Å². The van der Waals surface area contributed by atoms with Gasteiger partial charge in [0.2, 0.25) is 0 Å². The second-order valence-corrected chi connectivity index (χ2v) is 5.42. The lowest BCUT2D eigenvalue weighted by Crippen LogP contribution is -2.28. The molecule has 0 atom stereocenters. The van der Waals surface area contributed by atoms with E-state index in [4.69, 9.17) is 4.74 Å². The van der Waals surface area contributed by atoms with Crippen molar-refractivity contribution >= 4 is 22.0 Å². The fourth-order valence-electron chi connectivity index (χ4n) is 1.50. The number of carbonyl (C=O) groups excluding carboxylic acids is 1. The number of halogens is 1. The quantitative estimate of drug-likeness (QED) is 0.832. The molecule has 1 amide bonds. The predicted molar refractivity (Wildman–Crippen MR) is 74.5 cm³/mol. The maximum Gasteiger partial charge on any atom is 0.409 e. The standard InChI is InChI=1S/C12H20BrN3O2/c1-14(2)12(17)18-6-5-15(3)9-11-7-10(13)8-16(11)4/h7-8H,5-6,9H2,1-4H3. The van der Waals surface area contributed by atoms with Gasteiger partial charge in [-0.15, -0.1) is 0 Å². The van der Waals surface area contributed by atoms with Crippen LogP contribution in [0.1, 0.15) is 5.69 Å². The van der Waals surface area contributed by atoms with E-state index >= 15 is 0 Å². The normalized spacial score (nSPS) is 10.8. The van der Waals surface area contributed by atoms with Gasteiger partial charge in [-0.2, -0.15) is 0 Å². The minimum atomic E-state index is -0.301. The number of carbonyl (C=O) groups is 1. The van der Waals surface area contributed by atoms with Crippen molar-refractivity contribution in [3.63, 3.8) is 0 Å². The van der Waals surface area contributed by atoms with E-state index in [0.29, 0.717) is 13.2 Å². The third-order valence-electron chi connectivity index (χ3n) is 2.57. The Labute approximate surface area is 116 Å². The highest BCUT2D eigenvalue weighted by atomic mass is 79.9. The fraction of sp³-hybridized carbons (Fsp3) is 0.583. The zero-order valence-corrected chi connectivity index (χ0v) is 12.9. The van der Waals surface area contributed by atoms with E-state index in [9.17, 15) is 4.79 Å². The van der Waals surface area contributed by atoms with Crippen molar-refractivity contribution in [3.05, 3.63) is 22.4 Å². The number of aryl methyl sites for hydroxylation is 1. The number of amides is 1. The molecule has 1 aromatic rings. The molecule has 0 unspecified atom stereocenters. The Kier molecular flexibility index (Phi) is 5.68. The number of ether oxygens (including phenoxy) is 1. The number of hydrogen-bond acceptors (Lipinski definition) is 3. The number of likely N-dealkylation sites (N-methyl/N-ethyl adjacent to an activating group) is 1. The average Bonchev–Trinajstić information content (AvgIpc) is 2.57. The van der Waals surface area contributed by atoms with Crippen LogP contribution in [0.4, 0.5) is 4.79 Å². The lowest BCUT2D eigenvalue weighted by Gasteiger charge is -2.18. The molecule has 0 aliphatic carbocycles. The third-order valence-corrected chi connectivity index (χ3v) is 3.00. The summed E-state index contributed by atoms with van der Waals surface area (Å²) in [6.07, 6.45) is 1.72. The summed E-state index contributed by atoms with van der Waals surface area (Å²) in [5.74, 6) is 0. The number of rotatable bonds is 5. The van der Waals surface area contributed by atoms with Crippen molar-refractivity contribution in [2.75, 3.05) is 34.3 Å². The van der Waals surface area contributed by atoms with Gasteiger partial charge < -0.3 is 14.2 Å². The molecular weight excluding hydrogens is 298 g/mol. The summed E-state index contributed by atoms with van der Waals surface area (Å²) >= 11 is 3.45. The molecule has 18 heavy (non-hydrogen) atoms. The molecule has 0 saturated carbocycles. The molecule has 0 aromatic carbocycles. The average molecular weight is 318 g/mol. The largest absolute Gasteiger partial charge is 0.448 e. The summed E-state index contributed by atoms with van der Waals surface area (Å²) in [4.78, 5) is 14.8. The van der Waals surface area contributed by atoms with Crippen molar-refractivity contribution in [2.24, 2.45) is 7.05 Å². The van der Waals surface area contributed by atoms with Gasteiger partial charge >= 0.3 is 6.09 Å². The van der Waals surface area contributed by atoms with Crippen molar-refractivity contribution < 1.29 is 9.53 Å². The molecule has 1 heterocycles. The molecule has 1 aromatic heterocycles. The summed E-state index contributed by atoms with van der Waals surface area (Å²) in [6.45, 7) is 1.93. The van der Waals surface area contributed by atoms with E-state index in [2.05, 4.69) is 31.5 Å². The van der Waals surface area contributed by atoms with Crippen LogP contribution in [0.25, 0.3) is 0 Å². The van der Waals surface area contributed by atoms with Crippen molar-refractivity contribution in [1.82, 2.24) is 14.4 Å². The Hall–Kier alpha value is -1.01. The molecular formula is C12H20BrN3O2. The maximum absolute atomic E-state index is 11.2. The van der Waals surface area contributed by atoms with Gasteiger partial charge in [-0.1, -0.05) is 0 Å². The lowest BCUT2D eigenvalue weighted by atomic mass is 10.4. The fourth-order valence-corrected chi connectivity index (χ4v) is 2.07. The summed E-state index contributed by atoms with van der Waals surface area (Å²) in [6, 6.07) is 2.09. The maximum atomic E-state index is 11.2. The monoisotopic (exact) mass is 317 g/mol. The van der Waals surface area contributed by atoms with E-state index in [1.165, 1.54) is 10.6 Å². The van der Waals surface area contributed by atoms with Crippen molar-refractivity contribution in [3.8, 4) is 0 Å². The summed E-state index contributed by atoms with van der Waals surface area (Å²) in [7, 11) is 7.37. The Bertz CT molecular complexity index is 404. The number of aromatic nitrogens is 1. The predicted octanol–water partition coefficient (Wildman–Crippen LogP) is 1.92. The molecule has 0 aliphatic rings. The Morgan fingerprint density at radius 1 is 1.44 bits per heavy atom. The molecule has 0 N–H and O–H groups in total. The minimum Gasteiger partial charge on any atom is -0.448 e. The van der Waals surface area contributed by atoms with Crippen LogP contribution in [0.5, 0.6) is 0 Å². The van der Waals surface area contributed by atoms with Gasteiger partial charge in [-0.25, -0.2) is 4.79 Å². The van der Waals surface area contributed by atoms with Gasteiger partial charge in [0.1, 0.15) is 6.61 Å². The first-order valence-corrected chi connectivity index (χ1v) is 6.53. The van der Waals surface area contributed by atoms with Gasteiger partial charge in [0, 0.05) is 50.6 Å². The topological polar surface area (TPSA) is 37.7 Å². The van der Waals surface area contributed by atoms with E-state index in [0.717, 1.165) is 11.0 Å². The first kappa shape index (κ1) is 15.0. The Balaban J connectivity index is 2.32. The van der Waals surface area contributed by atoms with Gasteiger partial charge in [-0.05, 0) is 29.0 Å². The molecule has 5 nitrogen and oxygen atoms in total. The van der Waals surface area contributed by atoms with Gasteiger partial charge in [0.15, 0.2) is 0 Å². The highest BCUT2D eigenvalue weighted by Crippen LogP contribution is 2.14. The molecule has 0 radical (unpaired) electrons. The Morgan fingerprint density at radius 3 is 2.61 bits per heavy atom. The van der Waals surface area contributed by atoms with Crippen LogP contribution in [-0.4, -0.2) is 54.8 Å². The number of nitrogens with zero attached hydrogens (tertiary/aromatic N) is 3. The zero-order valence-electron chi connectivity index (χ0n) is 11.3. The van der Waals surface area contributed by atoms with E-state index in [1.54, 1.807) is 14.1 Å². The van der Waals surface area contributed by atoms with Crippen LogP contribution in [-0.2, 0) is 18.3 Å². The van der Waals surface area contributed by atoms with Crippen molar-refractivity contribution in [2.45, 2.75) is 6.54 Å². The van der Waals surface area contributed by atoms with Crippen LogP contribution in [0.15, 0.2) is 16.7 Å². The lowest BCUT2D eigenvalue weighted by molar-refractivity contribution is 0.107. The van der Waals surface area contributed by atoms with Gasteiger partial charge in [0.05, 0.1) is 0 Å². The highest BCUT2D eigenvalue weighted by molar-refractivity contribution is 9.10. The molecule has 0 fully saturated rings.